The number of carbonyl (C=O) groups excluding carboxylic acids is 1. The van der Waals surface area contributed by atoms with Crippen molar-refractivity contribution in [3.05, 3.63) is 47.7 Å². The first-order chi connectivity index (χ1) is 12.0. The maximum absolute atomic E-state index is 12.4. The molecule has 2 heterocycles. The van der Waals surface area contributed by atoms with Gasteiger partial charge in [0.15, 0.2) is 0 Å². The fourth-order valence-electron chi connectivity index (χ4n) is 3.07. The normalized spacial score (nSPS) is 17.8. The predicted octanol–water partition coefficient (Wildman–Crippen LogP) is 3.04. The van der Waals surface area contributed by atoms with Gasteiger partial charge in [-0.3, -0.25) is 5.32 Å². The van der Waals surface area contributed by atoms with Crippen LogP contribution in [-0.4, -0.2) is 45.0 Å². The van der Waals surface area contributed by atoms with E-state index in [9.17, 15) is 9.90 Å². The molecule has 0 spiro atoms. The minimum atomic E-state index is -0.427. The number of nitrogens with one attached hydrogen (secondary N) is 1. The summed E-state index contributed by atoms with van der Waals surface area (Å²) in [6.45, 7) is 6.01. The van der Waals surface area contributed by atoms with Gasteiger partial charge >= 0.3 is 6.03 Å². The number of aliphatic hydroxyl groups is 1. The molecular weight excluding hydrogens is 316 g/mol. The quantitative estimate of drug-likeness (QED) is 0.897. The zero-order valence-electron chi connectivity index (χ0n) is 14.9. The van der Waals surface area contributed by atoms with Crippen LogP contribution in [0.15, 0.2) is 36.5 Å². The molecule has 0 aliphatic carbocycles. The lowest BCUT2D eigenvalue weighted by atomic mass is 10.0. The van der Waals surface area contributed by atoms with E-state index in [1.807, 2.05) is 0 Å². The number of piperidine rings is 1. The first kappa shape index (κ1) is 17.5. The number of likely N-dealkylation sites (tertiary alicyclic amines) is 1. The van der Waals surface area contributed by atoms with Crippen molar-refractivity contribution in [2.45, 2.75) is 45.3 Å². The highest BCUT2D eigenvalue weighted by Gasteiger charge is 2.22. The number of rotatable bonds is 4. The number of anilines is 1. The topological polar surface area (TPSA) is 70.4 Å². The van der Waals surface area contributed by atoms with Gasteiger partial charge in [0.2, 0.25) is 0 Å². The molecule has 25 heavy (non-hydrogen) atoms. The number of aromatic nitrogens is 2. The lowest BCUT2D eigenvalue weighted by Crippen LogP contribution is -2.44. The summed E-state index contributed by atoms with van der Waals surface area (Å²) in [5.41, 5.74) is 2.44. The molecule has 1 aromatic heterocycles. The Morgan fingerprint density at radius 2 is 2.08 bits per heavy atom. The van der Waals surface area contributed by atoms with Gasteiger partial charge in [0.1, 0.15) is 5.82 Å². The molecule has 2 aromatic rings. The third-order valence-electron chi connectivity index (χ3n) is 4.61. The van der Waals surface area contributed by atoms with Crippen molar-refractivity contribution in [2.24, 2.45) is 0 Å². The van der Waals surface area contributed by atoms with Crippen molar-refractivity contribution in [1.82, 2.24) is 14.7 Å². The van der Waals surface area contributed by atoms with Crippen molar-refractivity contribution < 1.29 is 9.90 Å². The summed E-state index contributed by atoms with van der Waals surface area (Å²) in [5.74, 6) is 1.17. The van der Waals surface area contributed by atoms with E-state index in [0.29, 0.717) is 31.4 Å². The SMILES string of the molecule is CC(C)c1ccc(Cn2nccc2NC(=O)N2CCCC(O)C2)cc1. The number of urea groups is 1. The van der Waals surface area contributed by atoms with Crippen LogP contribution in [0.5, 0.6) is 0 Å². The van der Waals surface area contributed by atoms with Crippen LogP contribution in [0.1, 0.15) is 43.7 Å². The van der Waals surface area contributed by atoms with Crippen LogP contribution in [0, 0.1) is 0 Å². The summed E-state index contributed by atoms with van der Waals surface area (Å²) < 4.78 is 1.78. The van der Waals surface area contributed by atoms with E-state index in [0.717, 1.165) is 18.4 Å². The number of hydrogen-bond acceptors (Lipinski definition) is 3. The lowest BCUT2D eigenvalue weighted by Gasteiger charge is -2.30. The maximum atomic E-state index is 12.4. The fourth-order valence-corrected chi connectivity index (χ4v) is 3.07. The Morgan fingerprint density at radius 1 is 1.32 bits per heavy atom. The van der Waals surface area contributed by atoms with Crippen LogP contribution in [0.2, 0.25) is 0 Å². The van der Waals surface area contributed by atoms with Crippen LogP contribution in [0.25, 0.3) is 0 Å². The molecule has 1 unspecified atom stereocenters. The smallest absolute Gasteiger partial charge is 0.323 e. The Bertz CT molecular complexity index is 708. The van der Waals surface area contributed by atoms with Crippen molar-refractivity contribution in [3.8, 4) is 0 Å². The minimum Gasteiger partial charge on any atom is -0.391 e. The second-order valence-electron chi connectivity index (χ2n) is 6.94. The Labute approximate surface area is 148 Å². The third-order valence-corrected chi connectivity index (χ3v) is 4.61. The van der Waals surface area contributed by atoms with E-state index < -0.39 is 6.10 Å². The molecule has 1 atom stereocenters. The van der Waals surface area contributed by atoms with E-state index in [1.165, 1.54) is 5.56 Å². The van der Waals surface area contributed by atoms with Gasteiger partial charge in [-0.25, -0.2) is 9.48 Å². The van der Waals surface area contributed by atoms with Crippen molar-refractivity contribution >= 4 is 11.8 Å². The number of aliphatic hydroxyl groups excluding tert-OH is 1. The van der Waals surface area contributed by atoms with Gasteiger partial charge in [0.05, 0.1) is 18.8 Å². The third kappa shape index (κ3) is 4.39. The molecule has 0 saturated carbocycles. The zero-order chi connectivity index (χ0) is 17.8. The summed E-state index contributed by atoms with van der Waals surface area (Å²) in [4.78, 5) is 14.1. The summed E-state index contributed by atoms with van der Waals surface area (Å²) in [6.07, 6.45) is 2.84. The van der Waals surface area contributed by atoms with Gasteiger partial charge in [-0.15, -0.1) is 0 Å². The van der Waals surface area contributed by atoms with E-state index >= 15 is 0 Å². The molecule has 6 nitrogen and oxygen atoms in total. The maximum Gasteiger partial charge on any atom is 0.323 e. The molecule has 2 N–H and O–H groups in total. The number of amides is 2. The Balaban J connectivity index is 1.65. The summed E-state index contributed by atoms with van der Waals surface area (Å²) in [7, 11) is 0. The molecule has 6 heteroatoms. The monoisotopic (exact) mass is 342 g/mol. The first-order valence-corrected chi connectivity index (χ1v) is 8.87. The van der Waals surface area contributed by atoms with Gasteiger partial charge in [0, 0.05) is 19.2 Å². The summed E-state index contributed by atoms with van der Waals surface area (Å²) in [5, 5.41) is 16.9. The zero-order valence-corrected chi connectivity index (χ0v) is 14.9. The Morgan fingerprint density at radius 3 is 2.76 bits per heavy atom. The number of hydrogen-bond donors (Lipinski definition) is 2. The number of benzene rings is 1. The minimum absolute atomic E-state index is 0.185. The summed E-state index contributed by atoms with van der Waals surface area (Å²) in [6, 6.07) is 10.1. The number of nitrogens with zero attached hydrogens (tertiary/aromatic N) is 3. The fraction of sp³-hybridized carbons (Fsp3) is 0.474. The number of carbonyl (C=O) groups is 1. The largest absolute Gasteiger partial charge is 0.391 e. The van der Waals surface area contributed by atoms with Crippen molar-refractivity contribution in [2.75, 3.05) is 18.4 Å². The predicted molar refractivity (Wildman–Crippen MR) is 97.7 cm³/mol. The molecule has 134 valence electrons. The molecule has 0 bridgehead atoms. The highest BCUT2D eigenvalue weighted by Crippen LogP contribution is 2.17. The van der Waals surface area contributed by atoms with Gasteiger partial charge < -0.3 is 10.0 Å². The van der Waals surface area contributed by atoms with Gasteiger partial charge in [0.25, 0.3) is 0 Å². The summed E-state index contributed by atoms with van der Waals surface area (Å²) >= 11 is 0. The van der Waals surface area contributed by atoms with Crippen LogP contribution in [0.3, 0.4) is 0 Å². The first-order valence-electron chi connectivity index (χ1n) is 8.87. The molecule has 1 aromatic carbocycles. The molecule has 1 aliphatic heterocycles. The van der Waals surface area contributed by atoms with Gasteiger partial charge in [-0.05, 0) is 29.9 Å². The van der Waals surface area contributed by atoms with E-state index in [2.05, 4.69) is 48.5 Å². The van der Waals surface area contributed by atoms with Gasteiger partial charge in [-0.2, -0.15) is 5.10 Å². The highest BCUT2D eigenvalue weighted by molar-refractivity contribution is 5.88. The molecular formula is C19H26N4O2. The molecule has 1 aliphatic rings. The molecule has 2 amide bonds. The van der Waals surface area contributed by atoms with Crippen LogP contribution < -0.4 is 5.32 Å². The van der Waals surface area contributed by atoms with Gasteiger partial charge in [-0.1, -0.05) is 38.1 Å². The van der Waals surface area contributed by atoms with Crippen LogP contribution in [0.4, 0.5) is 10.6 Å². The second kappa shape index (κ2) is 7.70. The standard InChI is InChI=1S/C19H26N4O2/c1-14(2)16-7-5-15(6-8-16)12-23-18(9-10-20-23)21-19(25)22-11-3-4-17(24)13-22/h5-10,14,17,24H,3-4,11-13H2,1-2H3,(H,21,25). The van der Waals surface area contributed by atoms with E-state index in [1.54, 1.807) is 21.8 Å². The average molecular weight is 342 g/mol. The number of β-amino-alcohol motifs (C(OH)–C–C–N with tert-alkyl or cyclic N) is 1. The molecule has 3 rings (SSSR count). The lowest BCUT2D eigenvalue weighted by molar-refractivity contribution is 0.0883. The van der Waals surface area contributed by atoms with E-state index in [4.69, 9.17) is 0 Å². The average Bonchev–Trinajstić information content (AvgIpc) is 3.02. The Hall–Kier alpha value is -2.34. The molecule has 1 saturated heterocycles. The van der Waals surface area contributed by atoms with E-state index in [-0.39, 0.29) is 6.03 Å². The van der Waals surface area contributed by atoms with Crippen LogP contribution in [-0.2, 0) is 6.54 Å². The molecule has 0 radical (unpaired) electrons. The Kier molecular flexibility index (Phi) is 5.38. The van der Waals surface area contributed by atoms with Crippen molar-refractivity contribution in [3.63, 3.8) is 0 Å². The second-order valence-corrected chi connectivity index (χ2v) is 6.94. The van der Waals surface area contributed by atoms with Crippen molar-refractivity contribution in [1.29, 1.82) is 0 Å². The molecule has 1 fully saturated rings. The highest BCUT2D eigenvalue weighted by atomic mass is 16.3. The van der Waals surface area contributed by atoms with Crippen LogP contribution >= 0.6 is 0 Å².